The summed E-state index contributed by atoms with van der Waals surface area (Å²) in [6, 6.07) is 5.23. The Morgan fingerprint density at radius 2 is 2.04 bits per heavy atom. The molecule has 3 heterocycles. The molecule has 0 amide bonds. The quantitative estimate of drug-likeness (QED) is 0.762. The number of sulfone groups is 1. The van der Waals surface area contributed by atoms with E-state index >= 15 is 0 Å². The van der Waals surface area contributed by atoms with Crippen LogP contribution in [0.15, 0.2) is 23.6 Å². The zero-order valence-electron chi connectivity index (χ0n) is 14.1. The first-order valence-corrected chi connectivity index (χ1v) is 11.0. The molecule has 10 heteroatoms. The van der Waals surface area contributed by atoms with E-state index in [1.165, 1.54) is 11.3 Å². The molecule has 1 aromatic heterocycles. The molecule has 0 unspecified atom stereocenters. The minimum atomic E-state index is -3.05. The van der Waals surface area contributed by atoms with E-state index in [4.69, 9.17) is 21.7 Å². The largest absolute Gasteiger partial charge is 0.493 e. The Morgan fingerprint density at radius 1 is 1.27 bits per heavy atom. The van der Waals surface area contributed by atoms with Crippen LogP contribution < -0.4 is 19.7 Å². The molecule has 0 saturated carbocycles. The maximum Gasteiger partial charge on any atom is 0.192 e. The lowest BCUT2D eigenvalue weighted by molar-refractivity contribution is 0.355. The molecule has 2 aromatic rings. The van der Waals surface area contributed by atoms with Gasteiger partial charge in [0.25, 0.3) is 0 Å². The number of thiazole rings is 1. The van der Waals surface area contributed by atoms with Crippen molar-refractivity contribution in [3.05, 3.63) is 23.6 Å². The standard InChI is InChI=1S/C16H17N3O4S3/c1-22-13-4-3-9(5-14(13)23-2)10-6-25-16(18-10)19-12-8-26(20,21)7-11(12)17-15(19)24/h3-6,11-12H,7-8H2,1-2H3,(H,17,24)/t11-,12-/m1/s1. The van der Waals surface area contributed by atoms with E-state index in [0.29, 0.717) is 21.7 Å². The van der Waals surface area contributed by atoms with E-state index in [1.54, 1.807) is 14.2 Å². The lowest BCUT2D eigenvalue weighted by atomic mass is 10.1. The molecule has 0 aliphatic carbocycles. The first-order valence-electron chi connectivity index (χ1n) is 7.90. The van der Waals surface area contributed by atoms with Crippen LogP contribution in [0.2, 0.25) is 0 Å². The number of benzene rings is 1. The molecule has 1 N–H and O–H groups in total. The van der Waals surface area contributed by atoms with Gasteiger partial charge in [-0.3, -0.25) is 4.90 Å². The number of ether oxygens (including phenoxy) is 2. The third-order valence-electron chi connectivity index (χ3n) is 4.56. The molecule has 2 saturated heterocycles. The number of hydrogen-bond acceptors (Lipinski definition) is 7. The van der Waals surface area contributed by atoms with Crippen molar-refractivity contribution in [3.8, 4) is 22.8 Å². The Morgan fingerprint density at radius 3 is 2.77 bits per heavy atom. The summed E-state index contributed by atoms with van der Waals surface area (Å²) in [6.45, 7) is 0. The molecule has 1 aromatic carbocycles. The molecule has 26 heavy (non-hydrogen) atoms. The van der Waals surface area contributed by atoms with Gasteiger partial charge in [-0.15, -0.1) is 11.3 Å². The number of aromatic nitrogens is 1. The normalized spacial score (nSPS) is 23.6. The van der Waals surface area contributed by atoms with Crippen molar-refractivity contribution in [2.24, 2.45) is 0 Å². The Hall–Kier alpha value is -1.91. The van der Waals surface area contributed by atoms with E-state index in [1.807, 2.05) is 28.5 Å². The molecule has 2 aliphatic rings. The zero-order chi connectivity index (χ0) is 18.5. The summed E-state index contributed by atoms with van der Waals surface area (Å²) in [7, 11) is 0.126. The highest BCUT2D eigenvalue weighted by molar-refractivity contribution is 7.91. The van der Waals surface area contributed by atoms with Gasteiger partial charge in [0.05, 0.1) is 43.5 Å². The Kier molecular flexibility index (Phi) is 4.28. The van der Waals surface area contributed by atoms with Gasteiger partial charge in [-0.05, 0) is 30.4 Å². The second kappa shape index (κ2) is 6.36. The molecule has 4 rings (SSSR count). The van der Waals surface area contributed by atoms with Crippen LogP contribution in [0.1, 0.15) is 0 Å². The van der Waals surface area contributed by atoms with Crippen LogP contribution in [-0.4, -0.2) is 56.3 Å². The van der Waals surface area contributed by atoms with Crippen LogP contribution in [0.5, 0.6) is 11.5 Å². The van der Waals surface area contributed by atoms with Gasteiger partial charge in [-0.1, -0.05) is 0 Å². The predicted octanol–water partition coefficient (Wildman–Crippen LogP) is 1.69. The van der Waals surface area contributed by atoms with Crippen LogP contribution in [-0.2, 0) is 9.84 Å². The van der Waals surface area contributed by atoms with E-state index in [2.05, 4.69) is 10.3 Å². The summed E-state index contributed by atoms with van der Waals surface area (Å²) in [5, 5.41) is 6.26. The Bertz CT molecular complexity index is 973. The number of nitrogens with zero attached hydrogens (tertiary/aromatic N) is 2. The van der Waals surface area contributed by atoms with E-state index in [0.717, 1.165) is 11.3 Å². The van der Waals surface area contributed by atoms with Gasteiger partial charge in [0.2, 0.25) is 0 Å². The predicted molar refractivity (Wildman–Crippen MR) is 105 cm³/mol. The van der Waals surface area contributed by atoms with Gasteiger partial charge in [-0.25, -0.2) is 13.4 Å². The topological polar surface area (TPSA) is 80.8 Å². The number of fused-ring (bicyclic) bond motifs is 1. The lowest BCUT2D eigenvalue weighted by Gasteiger charge is -2.19. The van der Waals surface area contributed by atoms with Crippen LogP contribution >= 0.6 is 23.6 Å². The fourth-order valence-electron chi connectivity index (χ4n) is 3.33. The molecule has 0 bridgehead atoms. The van der Waals surface area contributed by atoms with Crippen LogP contribution in [0.25, 0.3) is 11.3 Å². The SMILES string of the molecule is COc1ccc(-c2csc(N3C(=S)N[C@@H]4CS(=O)(=O)C[C@H]43)n2)cc1OC. The number of anilines is 1. The number of thiocarbonyl (C=S) groups is 1. The fraction of sp³-hybridized carbons (Fsp3) is 0.375. The van der Waals surface area contributed by atoms with Crippen molar-refractivity contribution >= 4 is 43.6 Å². The highest BCUT2D eigenvalue weighted by Gasteiger charge is 2.48. The highest BCUT2D eigenvalue weighted by atomic mass is 32.2. The molecular formula is C16H17N3O4S3. The minimum absolute atomic E-state index is 0.0933. The average molecular weight is 412 g/mol. The maximum absolute atomic E-state index is 11.9. The van der Waals surface area contributed by atoms with E-state index in [-0.39, 0.29) is 23.6 Å². The summed E-state index contributed by atoms with van der Waals surface area (Å²) >= 11 is 6.84. The summed E-state index contributed by atoms with van der Waals surface area (Å²) in [5.41, 5.74) is 1.66. The van der Waals surface area contributed by atoms with Crippen molar-refractivity contribution in [3.63, 3.8) is 0 Å². The average Bonchev–Trinajstić information content (AvgIpc) is 3.26. The number of methoxy groups -OCH3 is 2. The number of nitrogens with one attached hydrogen (secondary N) is 1. The summed E-state index contributed by atoms with van der Waals surface area (Å²) in [5.74, 6) is 1.48. The van der Waals surface area contributed by atoms with Gasteiger partial charge in [0.1, 0.15) is 0 Å². The van der Waals surface area contributed by atoms with Gasteiger partial charge >= 0.3 is 0 Å². The third-order valence-corrected chi connectivity index (χ3v) is 7.43. The van der Waals surface area contributed by atoms with Crippen molar-refractivity contribution in [2.75, 3.05) is 30.6 Å². The van der Waals surface area contributed by atoms with Gasteiger partial charge in [-0.2, -0.15) is 0 Å². The highest BCUT2D eigenvalue weighted by Crippen LogP contribution is 2.36. The third kappa shape index (κ3) is 2.91. The van der Waals surface area contributed by atoms with Crippen molar-refractivity contribution in [2.45, 2.75) is 12.1 Å². The molecular weight excluding hydrogens is 394 g/mol. The van der Waals surface area contributed by atoms with Gasteiger partial charge in [0.15, 0.2) is 31.6 Å². The van der Waals surface area contributed by atoms with Gasteiger partial charge < -0.3 is 14.8 Å². The van der Waals surface area contributed by atoms with Crippen molar-refractivity contribution in [1.82, 2.24) is 10.3 Å². The lowest BCUT2D eigenvalue weighted by Crippen LogP contribution is -2.36. The second-order valence-electron chi connectivity index (χ2n) is 6.16. The molecule has 138 valence electrons. The van der Waals surface area contributed by atoms with Crippen LogP contribution in [0, 0.1) is 0 Å². The Labute approximate surface area is 160 Å². The smallest absolute Gasteiger partial charge is 0.192 e. The van der Waals surface area contributed by atoms with Crippen LogP contribution in [0.3, 0.4) is 0 Å². The maximum atomic E-state index is 11.9. The first-order chi connectivity index (χ1) is 12.4. The molecule has 2 fully saturated rings. The Balaban J connectivity index is 1.65. The molecule has 0 spiro atoms. The molecule has 2 aliphatic heterocycles. The van der Waals surface area contributed by atoms with E-state index in [9.17, 15) is 8.42 Å². The molecule has 2 atom stereocenters. The fourth-order valence-corrected chi connectivity index (χ4v) is 6.55. The van der Waals surface area contributed by atoms with Crippen molar-refractivity contribution in [1.29, 1.82) is 0 Å². The van der Waals surface area contributed by atoms with Crippen LogP contribution in [0.4, 0.5) is 5.13 Å². The summed E-state index contributed by atoms with van der Waals surface area (Å²) in [4.78, 5) is 6.51. The minimum Gasteiger partial charge on any atom is -0.493 e. The second-order valence-corrected chi connectivity index (χ2v) is 9.53. The first kappa shape index (κ1) is 17.5. The van der Waals surface area contributed by atoms with E-state index < -0.39 is 9.84 Å². The van der Waals surface area contributed by atoms with Gasteiger partial charge in [0, 0.05) is 10.9 Å². The molecule has 0 radical (unpaired) electrons. The summed E-state index contributed by atoms with van der Waals surface area (Å²) < 4.78 is 34.5. The zero-order valence-corrected chi connectivity index (χ0v) is 16.6. The summed E-state index contributed by atoms with van der Waals surface area (Å²) in [6.07, 6.45) is 0. The monoisotopic (exact) mass is 411 g/mol. The number of hydrogen-bond donors (Lipinski definition) is 1. The number of rotatable bonds is 4. The van der Waals surface area contributed by atoms with Crippen molar-refractivity contribution < 1.29 is 17.9 Å². The molecule has 7 nitrogen and oxygen atoms in total.